The second kappa shape index (κ2) is 10.1. The van der Waals surface area contributed by atoms with E-state index in [4.69, 9.17) is 16.3 Å². The zero-order chi connectivity index (χ0) is 18.2. The summed E-state index contributed by atoms with van der Waals surface area (Å²) in [6, 6.07) is 18.4. The second-order valence-electron chi connectivity index (χ2n) is 7.38. The molecule has 0 aromatic heterocycles. The van der Waals surface area contributed by atoms with Crippen molar-refractivity contribution in [3.63, 3.8) is 0 Å². The Balaban J connectivity index is 1.31. The highest BCUT2D eigenvalue weighted by Gasteiger charge is 2.24. The molecule has 0 unspecified atom stereocenters. The van der Waals surface area contributed by atoms with Gasteiger partial charge in [0.05, 0.1) is 26.3 Å². The zero-order valence-corrected chi connectivity index (χ0v) is 16.0. The van der Waals surface area contributed by atoms with E-state index in [9.17, 15) is 5.11 Å². The Morgan fingerprint density at radius 1 is 1.00 bits per heavy atom. The second-order valence-corrected chi connectivity index (χ2v) is 7.82. The van der Waals surface area contributed by atoms with Crippen molar-refractivity contribution in [1.29, 1.82) is 0 Å². The van der Waals surface area contributed by atoms with Crippen LogP contribution in [0.5, 0.6) is 0 Å². The predicted molar refractivity (Wildman–Crippen MR) is 106 cm³/mol. The lowest BCUT2D eigenvalue weighted by atomic mass is 9.90. The Hall–Kier alpha value is -1.39. The Morgan fingerprint density at radius 2 is 1.69 bits per heavy atom. The molecule has 1 fully saturated rings. The van der Waals surface area contributed by atoms with Gasteiger partial charge in [-0.05, 0) is 48.4 Å². The molecule has 0 amide bonds. The normalized spacial score (nSPS) is 21.5. The van der Waals surface area contributed by atoms with Gasteiger partial charge >= 0.3 is 0 Å². The van der Waals surface area contributed by atoms with Crippen molar-refractivity contribution in [2.24, 2.45) is 5.92 Å². The van der Waals surface area contributed by atoms with Gasteiger partial charge in [-0.1, -0.05) is 54.1 Å². The summed E-state index contributed by atoms with van der Waals surface area (Å²) in [4.78, 5) is 1.50. The van der Waals surface area contributed by atoms with E-state index in [0.717, 1.165) is 36.1 Å². The summed E-state index contributed by atoms with van der Waals surface area (Å²) in [6.07, 6.45) is 3.26. The van der Waals surface area contributed by atoms with Crippen molar-refractivity contribution < 1.29 is 14.7 Å². The topological polar surface area (TPSA) is 33.9 Å². The fourth-order valence-corrected chi connectivity index (χ4v) is 3.85. The van der Waals surface area contributed by atoms with E-state index < -0.39 is 6.10 Å². The molecular formula is C22H29ClNO2+. The first-order chi connectivity index (χ1) is 12.7. The lowest BCUT2D eigenvalue weighted by Crippen LogP contribution is -3.14. The molecule has 1 saturated heterocycles. The molecule has 0 radical (unpaired) electrons. The number of quaternary nitrogens is 1. The molecule has 3 rings (SSSR count). The van der Waals surface area contributed by atoms with Crippen LogP contribution in [0.2, 0.25) is 5.02 Å². The number of likely N-dealkylation sites (tertiary alicyclic amines) is 1. The third kappa shape index (κ3) is 6.40. The van der Waals surface area contributed by atoms with Crippen molar-refractivity contribution in [3.8, 4) is 0 Å². The van der Waals surface area contributed by atoms with E-state index in [1.54, 1.807) is 0 Å². The summed E-state index contributed by atoms with van der Waals surface area (Å²) < 4.78 is 5.66. The summed E-state index contributed by atoms with van der Waals surface area (Å²) in [7, 11) is 0. The molecular weight excluding hydrogens is 346 g/mol. The summed E-state index contributed by atoms with van der Waals surface area (Å²) in [6.45, 7) is 3.97. The first-order valence-electron chi connectivity index (χ1n) is 9.57. The number of hydrogen-bond donors (Lipinski definition) is 2. The van der Waals surface area contributed by atoms with Crippen LogP contribution in [0.3, 0.4) is 0 Å². The quantitative estimate of drug-likeness (QED) is 0.745. The average molecular weight is 375 g/mol. The van der Waals surface area contributed by atoms with Crippen LogP contribution in [0.15, 0.2) is 54.6 Å². The number of rotatable bonds is 8. The van der Waals surface area contributed by atoms with Crippen LogP contribution >= 0.6 is 11.6 Å². The molecule has 140 valence electrons. The van der Waals surface area contributed by atoms with Crippen LogP contribution in [0.1, 0.15) is 24.0 Å². The third-order valence-electron chi connectivity index (χ3n) is 5.20. The third-order valence-corrected chi connectivity index (χ3v) is 5.45. The van der Waals surface area contributed by atoms with Crippen LogP contribution in [0.4, 0.5) is 0 Å². The van der Waals surface area contributed by atoms with E-state index in [2.05, 4.69) is 30.3 Å². The van der Waals surface area contributed by atoms with Gasteiger partial charge in [-0.2, -0.15) is 0 Å². The van der Waals surface area contributed by atoms with Crippen molar-refractivity contribution in [2.75, 3.05) is 26.2 Å². The van der Waals surface area contributed by atoms with Crippen LogP contribution < -0.4 is 4.90 Å². The standard InChI is InChI=1S/C22H28ClNO2/c23-21-8-6-20(7-9-21)16-26-17-22(25)15-24-12-10-19(11-13-24)14-18-4-2-1-3-5-18/h1-9,19,22,25H,10-17H2/p+1/t22-/m1/s1. The van der Waals surface area contributed by atoms with Crippen LogP contribution in [0, 0.1) is 5.92 Å². The largest absolute Gasteiger partial charge is 0.385 e. The van der Waals surface area contributed by atoms with Gasteiger partial charge < -0.3 is 14.7 Å². The Morgan fingerprint density at radius 3 is 2.38 bits per heavy atom. The van der Waals surface area contributed by atoms with Crippen LogP contribution in [-0.2, 0) is 17.8 Å². The number of aliphatic hydroxyl groups excluding tert-OH is 1. The molecule has 2 N–H and O–H groups in total. The maximum absolute atomic E-state index is 10.3. The minimum Gasteiger partial charge on any atom is -0.385 e. The molecule has 26 heavy (non-hydrogen) atoms. The van der Waals surface area contributed by atoms with Gasteiger partial charge in [0.15, 0.2) is 0 Å². The van der Waals surface area contributed by atoms with Crippen molar-refractivity contribution in [1.82, 2.24) is 0 Å². The molecule has 1 aliphatic rings. The van der Waals surface area contributed by atoms with E-state index in [1.807, 2.05) is 24.3 Å². The fraction of sp³-hybridized carbons (Fsp3) is 0.455. The highest BCUT2D eigenvalue weighted by atomic mass is 35.5. The van der Waals surface area contributed by atoms with Crippen molar-refractivity contribution in [2.45, 2.75) is 32.0 Å². The molecule has 0 bridgehead atoms. The Labute approximate surface area is 161 Å². The molecule has 4 heteroatoms. The monoisotopic (exact) mass is 374 g/mol. The molecule has 1 atom stereocenters. The summed E-state index contributed by atoms with van der Waals surface area (Å²) in [5, 5.41) is 11.0. The Kier molecular flexibility index (Phi) is 7.51. The molecule has 1 aliphatic heterocycles. The summed E-state index contributed by atoms with van der Waals surface area (Å²) in [5.74, 6) is 0.777. The van der Waals surface area contributed by atoms with E-state index in [0.29, 0.717) is 13.2 Å². The number of hydrogen-bond acceptors (Lipinski definition) is 2. The minimum atomic E-state index is -0.400. The van der Waals surface area contributed by atoms with E-state index >= 15 is 0 Å². The summed E-state index contributed by atoms with van der Waals surface area (Å²) >= 11 is 5.88. The number of ether oxygens (including phenoxy) is 1. The molecule has 0 aliphatic carbocycles. The van der Waals surface area contributed by atoms with Gasteiger partial charge in [-0.15, -0.1) is 0 Å². The highest BCUT2D eigenvalue weighted by molar-refractivity contribution is 6.30. The van der Waals surface area contributed by atoms with Gasteiger partial charge in [0.25, 0.3) is 0 Å². The number of piperidine rings is 1. The van der Waals surface area contributed by atoms with Crippen LogP contribution in [0.25, 0.3) is 0 Å². The zero-order valence-electron chi connectivity index (χ0n) is 15.2. The summed E-state index contributed by atoms with van der Waals surface area (Å²) in [5.41, 5.74) is 2.52. The molecule has 2 aromatic carbocycles. The SMILES string of the molecule is O[C@@H](COCc1ccc(Cl)cc1)C[NH+]1CCC(Cc2ccccc2)CC1. The van der Waals surface area contributed by atoms with E-state index in [1.165, 1.54) is 29.7 Å². The van der Waals surface area contributed by atoms with Gasteiger partial charge in [0, 0.05) is 5.02 Å². The Bertz CT molecular complexity index is 639. The molecule has 1 heterocycles. The van der Waals surface area contributed by atoms with Gasteiger partial charge in [0.1, 0.15) is 12.6 Å². The highest BCUT2D eigenvalue weighted by Crippen LogP contribution is 2.16. The molecule has 2 aromatic rings. The van der Waals surface area contributed by atoms with Gasteiger partial charge in [-0.3, -0.25) is 0 Å². The van der Waals surface area contributed by atoms with Gasteiger partial charge in [-0.25, -0.2) is 0 Å². The first kappa shape index (κ1) is 19.4. The van der Waals surface area contributed by atoms with Crippen molar-refractivity contribution >= 4 is 11.6 Å². The van der Waals surface area contributed by atoms with Crippen LogP contribution in [-0.4, -0.2) is 37.5 Å². The number of benzene rings is 2. The maximum Gasteiger partial charge on any atom is 0.126 e. The number of aliphatic hydroxyl groups is 1. The molecule has 0 saturated carbocycles. The average Bonchev–Trinajstić information content (AvgIpc) is 2.66. The lowest BCUT2D eigenvalue weighted by molar-refractivity contribution is -0.909. The minimum absolute atomic E-state index is 0.388. The first-order valence-corrected chi connectivity index (χ1v) is 9.94. The predicted octanol–water partition coefficient (Wildman–Crippen LogP) is 2.76. The smallest absolute Gasteiger partial charge is 0.126 e. The van der Waals surface area contributed by atoms with Gasteiger partial charge in [0.2, 0.25) is 0 Å². The van der Waals surface area contributed by atoms with E-state index in [-0.39, 0.29) is 0 Å². The van der Waals surface area contributed by atoms with Crippen molar-refractivity contribution in [3.05, 3.63) is 70.7 Å². The maximum atomic E-state index is 10.3. The number of nitrogens with one attached hydrogen (secondary N) is 1. The number of halogens is 1. The molecule has 0 spiro atoms. The lowest BCUT2D eigenvalue weighted by Gasteiger charge is -2.30. The fourth-order valence-electron chi connectivity index (χ4n) is 3.73. The molecule has 3 nitrogen and oxygen atoms in total.